The number of nitrogens with zero attached hydrogens (tertiary/aromatic N) is 1. The lowest BCUT2D eigenvalue weighted by atomic mass is 9.85. The van der Waals surface area contributed by atoms with E-state index in [1.54, 1.807) is 27.0 Å². The van der Waals surface area contributed by atoms with E-state index in [2.05, 4.69) is 20.9 Å². The number of benzene rings is 1. The number of rotatable bonds is 16. The highest BCUT2D eigenvalue weighted by molar-refractivity contribution is 5.96. The average Bonchev–Trinajstić information content (AvgIpc) is 3.65. The van der Waals surface area contributed by atoms with Crippen LogP contribution in [0.3, 0.4) is 0 Å². The third kappa shape index (κ3) is 10.3. The van der Waals surface area contributed by atoms with E-state index in [9.17, 15) is 29.1 Å². The molecule has 1 aromatic heterocycles. The van der Waals surface area contributed by atoms with E-state index in [4.69, 9.17) is 11.5 Å². The number of carboxylic acid groups (broad SMARTS) is 1. The molecule has 47 heavy (non-hydrogen) atoms. The second kappa shape index (κ2) is 16.7. The third-order valence-corrected chi connectivity index (χ3v) is 8.59. The van der Waals surface area contributed by atoms with Crippen LogP contribution in [0.15, 0.2) is 30.5 Å². The summed E-state index contributed by atoms with van der Waals surface area (Å²) in [7, 11) is 0. The van der Waals surface area contributed by atoms with Gasteiger partial charge in [-0.1, -0.05) is 59.2 Å². The molecule has 0 spiro atoms. The van der Waals surface area contributed by atoms with Crippen LogP contribution in [0, 0.1) is 11.3 Å². The topological polar surface area (TPSA) is 213 Å². The summed E-state index contributed by atoms with van der Waals surface area (Å²) in [5, 5.41) is 18.9. The molecule has 0 bridgehead atoms. The van der Waals surface area contributed by atoms with Crippen LogP contribution in [-0.2, 0) is 30.4 Å². The minimum atomic E-state index is -1.16. The van der Waals surface area contributed by atoms with Crippen molar-refractivity contribution in [3.63, 3.8) is 0 Å². The Morgan fingerprint density at radius 1 is 1.02 bits per heavy atom. The van der Waals surface area contributed by atoms with Crippen molar-refractivity contribution < 1.29 is 29.1 Å². The smallest absolute Gasteiger partial charge is 0.326 e. The molecule has 1 saturated heterocycles. The maximum Gasteiger partial charge on any atom is 0.326 e. The zero-order valence-electron chi connectivity index (χ0n) is 28.3. The van der Waals surface area contributed by atoms with Gasteiger partial charge in [0.1, 0.15) is 24.2 Å². The van der Waals surface area contributed by atoms with Crippen LogP contribution in [0.25, 0.3) is 10.9 Å². The maximum atomic E-state index is 14.0. The molecule has 0 saturated carbocycles. The van der Waals surface area contributed by atoms with Gasteiger partial charge < -0.3 is 42.4 Å². The Kier molecular flexibility index (Phi) is 13.3. The highest BCUT2D eigenvalue weighted by atomic mass is 16.4. The highest BCUT2D eigenvalue weighted by Gasteiger charge is 2.40. The predicted molar refractivity (Wildman–Crippen MR) is 180 cm³/mol. The molecule has 1 aliphatic rings. The normalized spacial score (nSPS) is 17.6. The minimum absolute atomic E-state index is 0.0115. The number of fused-ring (bicyclic) bond motifs is 1. The summed E-state index contributed by atoms with van der Waals surface area (Å²) in [5.41, 5.74) is 12.6. The number of H-pyrrole nitrogens is 1. The van der Waals surface area contributed by atoms with Crippen molar-refractivity contribution in [2.75, 3.05) is 13.1 Å². The number of nitrogens with one attached hydrogen (secondary N) is 4. The molecule has 2 heterocycles. The van der Waals surface area contributed by atoms with Gasteiger partial charge in [-0.2, -0.15) is 0 Å². The fourth-order valence-electron chi connectivity index (χ4n) is 6.01. The lowest BCUT2D eigenvalue weighted by Gasteiger charge is -2.33. The SMILES string of the molecule is CC(C)C[C@H](NC(=O)C(NC(=O)[C@H](Cc1c[nH]c2ccccc12)NC(=O)[C@@H]1CCCN1C(=O)[C@@H](N)CCCCN)C(C)(C)C)C(=O)O. The van der Waals surface area contributed by atoms with Crippen LogP contribution in [0.1, 0.15) is 78.7 Å². The Labute approximate surface area is 276 Å². The number of carboxylic acids is 1. The number of carbonyl (C=O) groups is 5. The van der Waals surface area contributed by atoms with Crippen molar-refractivity contribution >= 4 is 40.5 Å². The third-order valence-electron chi connectivity index (χ3n) is 8.59. The summed E-state index contributed by atoms with van der Waals surface area (Å²) >= 11 is 0. The number of aliphatic carboxylic acids is 1. The van der Waals surface area contributed by atoms with Crippen molar-refractivity contribution in [2.45, 2.75) is 110 Å². The number of para-hydroxylation sites is 1. The number of amides is 4. The number of aromatic nitrogens is 1. The summed E-state index contributed by atoms with van der Waals surface area (Å²) in [6.07, 6.45) is 5.05. The monoisotopic (exact) mass is 655 g/mol. The van der Waals surface area contributed by atoms with Crippen LogP contribution < -0.4 is 27.4 Å². The van der Waals surface area contributed by atoms with Gasteiger partial charge in [-0.3, -0.25) is 19.2 Å². The van der Waals surface area contributed by atoms with E-state index in [1.807, 2.05) is 38.1 Å². The van der Waals surface area contributed by atoms with Crippen LogP contribution in [0.2, 0.25) is 0 Å². The Hall–Kier alpha value is -3.97. The molecule has 13 heteroatoms. The number of unbranched alkanes of at least 4 members (excludes halogenated alkanes) is 1. The number of likely N-dealkylation sites (tertiary alicyclic amines) is 1. The van der Waals surface area contributed by atoms with E-state index in [-0.39, 0.29) is 24.7 Å². The molecule has 260 valence electrons. The van der Waals surface area contributed by atoms with Crippen molar-refractivity contribution in [1.29, 1.82) is 0 Å². The fraction of sp³-hybridized carbons (Fsp3) is 0.618. The molecule has 1 unspecified atom stereocenters. The molecule has 9 N–H and O–H groups in total. The highest BCUT2D eigenvalue weighted by Crippen LogP contribution is 2.24. The van der Waals surface area contributed by atoms with Gasteiger partial charge in [0, 0.05) is 30.1 Å². The van der Waals surface area contributed by atoms with E-state index < -0.39 is 59.3 Å². The lowest BCUT2D eigenvalue weighted by molar-refractivity contribution is -0.143. The second-order valence-electron chi connectivity index (χ2n) is 14.0. The maximum absolute atomic E-state index is 14.0. The van der Waals surface area contributed by atoms with E-state index in [0.717, 1.165) is 22.9 Å². The second-order valence-corrected chi connectivity index (χ2v) is 14.0. The first kappa shape index (κ1) is 37.5. The molecule has 0 radical (unpaired) electrons. The number of nitrogens with two attached hydrogens (primary N) is 2. The van der Waals surface area contributed by atoms with Gasteiger partial charge in [0.25, 0.3) is 0 Å². The van der Waals surface area contributed by atoms with Gasteiger partial charge in [0.05, 0.1) is 6.04 Å². The Morgan fingerprint density at radius 3 is 2.36 bits per heavy atom. The summed E-state index contributed by atoms with van der Waals surface area (Å²) in [6.45, 7) is 9.90. The standard InChI is InChI=1S/C34H53N7O6/c1-20(2)17-26(33(46)47)39-31(44)28(34(3,4)5)40-29(42)25(18-21-19-37-24-13-7-6-11-22(21)24)38-30(43)27-14-10-16-41(27)32(45)23(36)12-8-9-15-35/h6-7,11,13,19-20,23,25-28,37H,8-10,12,14-18,35-36H2,1-5H3,(H,38,43)(H,39,44)(H,40,42)(H,46,47)/t23-,25-,26-,27-,28?/m0/s1. The van der Waals surface area contributed by atoms with Gasteiger partial charge >= 0.3 is 5.97 Å². The van der Waals surface area contributed by atoms with Crippen molar-refractivity contribution in [1.82, 2.24) is 25.8 Å². The summed E-state index contributed by atoms with van der Waals surface area (Å²) in [4.78, 5) is 71.1. The van der Waals surface area contributed by atoms with E-state index >= 15 is 0 Å². The van der Waals surface area contributed by atoms with Crippen LogP contribution >= 0.6 is 0 Å². The van der Waals surface area contributed by atoms with Crippen LogP contribution in [0.4, 0.5) is 0 Å². The molecule has 13 nitrogen and oxygen atoms in total. The first-order chi connectivity index (χ1) is 22.1. The zero-order chi connectivity index (χ0) is 34.9. The predicted octanol–water partition coefficient (Wildman–Crippen LogP) is 1.79. The molecule has 5 atom stereocenters. The van der Waals surface area contributed by atoms with Crippen LogP contribution in [-0.4, -0.2) is 87.9 Å². The van der Waals surface area contributed by atoms with Crippen molar-refractivity contribution in [3.8, 4) is 0 Å². The molecule has 0 aliphatic carbocycles. The molecular weight excluding hydrogens is 602 g/mol. The minimum Gasteiger partial charge on any atom is -0.480 e. The molecular formula is C34H53N7O6. The zero-order valence-corrected chi connectivity index (χ0v) is 28.3. The molecule has 3 rings (SSSR count). The molecule has 4 amide bonds. The van der Waals surface area contributed by atoms with E-state index in [0.29, 0.717) is 38.8 Å². The quantitative estimate of drug-likeness (QED) is 0.132. The van der Waals surface area contributed by atoms with E-state index in [1.165, 1.54) is 4.90 Å². The Morgan fingerprint density at radius 2 is 1.72 bits per heavy atom. The number of aromatic amines is 1. The summed E-state index contributed by atoms with van der Waals surface area (Å²) < 4.78 is 0. The number of hydrogen-bond acceptors (Lipinski definition) is 7. The Bertz CT molecular complexity index is 1400. The molecule has 1 aliphatic heterocycles. The molecule has 1 aromatic carbocycles. The van der Waals surface area contributed by atoms with Gasteiger partial charge in [0.15, 0.2) is 0 Å². The molecule has 1 fully saturated rings. The first-order valence-electron chi connectivity index (χ1n) is 16.6. The number of hydrogen-bond donors (Lipinski definition) is 7. The molecule has 2 aromatic rings. The Balaban J connectivity index is 1.87. The summed E-state index contributed by atoms with van der Waals surface area (Å²) in [5.74, 6) is -3.18. The van der Waals surface area contributed by atoms with Gasteiger partial charge in [0.2, 0.25) is 23.6 Å². The fourth-order valence-corrected chi connectivity index (χ4v) is 6.01. The van der Waals surface area contributed by atoms with Gasteiger partial charge in [-0.15, -0.1) is 0 Å². The summed E-state index contributed by atoms with van der Waals surface area (Å²) in [6, 6.07) is 2.68. The first-order valence-corrected chi connectivity index (χ1v) is 16.6. The number of carbonyl (C=O) groups excluding carboxylic acids is 4. The van der Waals surface area contributed by atoms with Crippen LogP contribution in [0.5, 0.6) is 0 Å². The van der Waals surface area contributed by atoms with Crippen molar-refractivity contribution in [3.05, 3.63) is 36.0 Å². The van der Waals surface area contributed by atoms with Gasteiger partial charge in [-0.05, 0) is 61.6 Å². The van der Waals surface area contributed by atoms with Gasteiger partial charge in [-0.25, -0.2) is 4.79 Å². The van der Waals surface area contributed by atoms with Crippen molar-refractivity contribution in [2.24, 2.45) is 22.8 Å². The largest absolute Gasteiger partial charge is 0.480 e. The average molecular weight is 656 g/mol. The lowest BCUT2D eigenvalue weighted by Crippen LogP contribution is -2.61.